The van der Waals surface area contributed by atoms with Crippen molar-refractivity contribution in [3.05, 3.63) is 35.6 Å². The molecule has 1 fully saturated rings. The van der Waals surface area contributed by atoms with Crippen LogP contribution >= 0.6 is 0 Å². The van der Waals surface area contributed by atoms with Gasteiger partial charge < -0.3 is 5.73 Å². The Morgan fingerprint density at radius 3 is 2.50 bits per heavy atom. The Kier molecular flexibility index (Phi) is 3.29. The van der Waals surface area contributed by atoms with E-state index >= 15 is 0 Å². The minimum Gasteiger partial charge on any atom is -0.330 e. The van der Waals surface area contributed by atoms with Crippen LogP contribution in [0.3, 0.4) is 0 Å². The molecule has 2 rings (SSSR count). The van der Waals surface area contributed by atoms with E-state index in [9.17, 15) is 4.39 Å². The van der Waals surface area contributed by atoms with Gasteiger partial charge in [0.2, 0.25) is 0 Å². The van der Waals surface area contributed by atoms with Gasteiger partial charge in [-0.25, -0.2) is 4.39 Å². The molecule has 16 heavy (non-hydrogen) atoms. The average molecular weight is 221 g/mol. The van der Waals surface area contributed by atoms with Gasteiger partial charge in [-0.3, -0.25) is 0 Å². The smallest absolute Gasteiger partial charge is 0.127 e. The summed E-state index contributed by atoms with van der Waals surface area (Å²) in [6.45, 7) is 2.82. The molecule has 0 amide bonds. The average Bonchev–Trinajstić information content (AvgIpc) is 2.32. The third kappa shape index (κ3) is 1.99. The van der Waals surface area contributed by atoms with Crippen LogP contribution in [0, 0.1) is 11.7 Å². The normalized spacial score (nSPS) is 30.3. The molecule has 1 aliphatic rings. The highest BCUT2D eigenvalue weighted by molar-refractivity contribution is 5.28. The van der Waals surface area contributed by atoms with Crippen molar-refractivity contribution >= 4 is 0 Å². The van der Waals surface area contributed by atoms with E-state index in [0.29, 0.717) is 6.54 Å². The summed E-state index contributed by atoms with van der Waals surface area (Å²) in [7, 11) is 0. The Hall–Kier alpha value is -0.890. The highest BCUT2D eigenvalue weighted by atomic mass is 19.1. The Labute approximate surface area is 96.9 Å². The van der Waals surface area contributed by atoms with Crippen molar-refractivity contribution in [2.75, 3.05) is 6.54 Å². The van der Waals surface area contributed by atoms with Gasteiger partial charge in [0.1, 0.15) is 5.82 Å². The molecule has 0 aromatic heterocycles. The van der Waals surface area contributed by atoms with Gasteiger partial charge in [-0.2, -0.15) is 0 Å². The fourth-order valence-corrected chi connectivity index (χ4v) is 2.79. The van der Waals surface area contributed by atoms with Crippen molar-refractivity contribution in [3.63, 3.8) is 0 Å². The van der Waals surface area contributed by atoms with Crippen LogP contribution in [0.1, 0.15) is 38.2 Å². The van der Waals surface area contributed by atoms with E-state index in [1.54, 1.807) is 12.1 Å². The standard InChI is InChI=1S/C14H20FN/c1-11-6-8-14(10-16,9-7-11)12-4-2-3-5-13(12)15/h2-5,11H,6-10,16H2,1H3. The minimum atomic E-state index is -0.113. The monoisotopic (exact) mass is 221 g/mol. The highest BCUT2D eigenvalue weighted by Crippen LogP contribution is 2.41. The first kappa shape index (κ1) is 11.6. The summed E-state index contributed by atoms with van der Waals surface area (Å²) >= 11 is 0. The maximum absolute atomic E-state index is 13.8. The van der Waals surface area contributed by atoms with Crippen LogP contribution in [0.2, 0.25) is 0 Å². The molecule has 1 aromatic carbocycles. The summed E-state index contributed by atoms with van der Waals surface area (Å²) in [4.78, 5) is 0. The molecule has 2 N–H and O–H groups in total. The predicted octanol–water partition coefficient (Wildman–Crippen LogP) is 3.23. The molecular weight excluding hydrogens is 201 g/mol. The predicted molar refractivity (Wildman–Crippen MR) is 64.8 cm³/mol. The second-order valence-corrected chi connectivity index (χ2v) is 5.15. The van der Waals surface area contributed by atoms with E-state index in [-0.39, 0.29) is 11.2 Å². The molecule has 0 bridgehead atoms. The number of benzene rings is 1. The molecule has 88 valence electrons. The van der Waals surface area contributed by atoms with Gasteiger partial charge in [0.15, 0.2) is 0 Å². The Morgan fingerprint density at radius 2 is 1.94 bits per heavy atom. The Morgan fingerprint density at radius 1 is 1.31 bits per heavy atom. The molecule has 0 unspecified atom stereocenters. The molecule has 0 heterocycles. The second kappa shape index (κ2) is 4.54. The SMILES string of the molecule is CC1CCC(CN)(c2ccccc2F)CC1. The zero-order valence-electron chi connectivity index (χ0n) is 9.88. The van der Waals surface area contributed by atoms with Crippen molar-refractivity contribution in [2.45, 2.75) is 38.0 Å². The van der Waals surface area contributed by atoms with Crippen LogP contribution in [0.5, 0.6) is 0 Å². The summed E-state index contributed by atoms with van der Waals surface area (Å²) in [5.41, 5.74) is 6.63. The van der Waals surface area contributed by atoms with Gasteiger partial charge in [0.25, 0.3) is 0 Å². The zero-order chi connectivity index (χ0) is 11.6. The van der Waals surface area contributed by atoms with E-state index in [2.05, 4.69) is 6.92 Å². The molecular formula is C14H20FN. The fraction of sp³-hybridized carbons (Fsp3) is 0.571. The van der Waals surface area contributed by atoms with Crippen molar-refractivity contribution in [3.8, 4) is 0 Å². The maximum atomic E-state index is 13.8. The van der Waals surface area contributed by atoms with E-state index in [4.69, 9.17) is 5.73 Å². The first-order chi connectivity index (χ1) is 7.68. The molecule has 1 saturated carbocycles. The topological polar surface area (TPSA) is 26.0 Å². The first-order valence-corrected chi connectivity index (χ1v) is 6.13. The van der Waals surface area contributed by atoms with Crippen LogP contribution in [-0.2, 0) is 5.41 Å². The number of nitrogens with two attached hydrogens (primary N) is 1. The maximum Gasteiger partial charge on any atom is 0.127 e. The summed E-state index contributed by atoms with van der Waals surface area (Å²) in [5, 5.41) is 0. The second-order valence-electron chi connectivity index (χ2n) is 5.15. The summed E-state index contributed by atoms with van der Waals surface area (Å²) < 4.78 is 13.8. The largest absolute Gasteiger partial charge is 0.330 e. The van der Waals surface area contributed by atoms with Gasteiger partial charge in [-0.1, -0.05) is 25.1 Å². The first-order valence-electron chi connectivity index (χ1n) is 6.13. The zero-order valence-corrected chi connectivity index (χ0v) is 9.88. The summed E-state index contributed by atoms with van der Waals surface area (Å²) in [6.07, 6.45) is 4.36. The van der Waals surface area contributed by atoms with Crippen molar-refractivity contribution in [2.24, 2.45) is 11.7 Å². The molecule has 1 aliphatic carbocycles. The molecule has 0 spiro atoms. The molecule has 2 heteroatoms. The van der Waals surface area contributed by atoms with Crippen LogP contribution < -0.4 is 5.73 Å². The molecule has 0 atom stereocenters. The third-order valence-electron chi connectivity index (χ3n) is 4.07. The van der Waals surface area contributed by atoms with Gasteiger partial charge in [0.05, 0.1) is 0 Å². The van der Waals surface area contributed by atoms with E-state index in [0.717, 1.165) is 37.2 Å². The van der Waals surface area contributed by atoms with Crippen LogP contribution in [0.4, 0.5) is 4.39 Å². The highest BCUT2D eigenvalue weighted by Gasteiger charge is 2.36. The molecule has 0 aliphatic heterocycles. The lowest BCUT2D eigenvalue weighted by molar-refractivity contribution is 0.241. The molecule has 0 saturated heterocycles. The summed E-state index contributed by atoms with van der Waals surface area (Å²) in [5.74, 6) is 0.661. The van der Waals surface area contributed by atoms with Crippen molar-refractivity contribution < 1.29 is 4.39 Å². The summed E-state index contributed by atoms with van der Waals surface area (Å²) in [6, 6.07) is 7.10. The number of halogens is 1. The number of hydrogen-bond acceptors (Lipinski definition) is 1. The third-order valence-corrected chi connectivity index (χ3v) is 4.07. The lowest BCUT2D eigenvalue weighted by Gasteiger charge is -2.39. The van der Waals surface area contributed by atoms with Gasteiger partial charge >= 0.3 is 0 Å². The number of hydrogen-bond donors (Lipinski definition) is 1. The molecule has 1 aromatic rings. The molecule has 1 nitrogen and oxygen atoms in total. The van der Waals surface area contributed by atoms with Crippen LogP contribution in [-0.4, -0.2) is 6.54 Å². The lowest BCUT2D eigenvalue weighted by atomic mass is 9.67. The van der Waals surface area contributed by atoms with Crippen LogP contribution in [0.25, 0.3) is 0 Å². The van der Waals surface area contributed by atoms with Crippen LogP contribution in [0.15, 0.2) is 24.3 Å². The van der Waals surface area contributed by atoms with E-state index < -0.39 is 0 Å². The lowest BCUT2D eigenvalue weighted by Crippen LogP contribution is -2.39. The van der Waals surface area contributed by atoms with E-state index in [1.165, 1.54) is 0 Å². The quantitative estimate of drug-likeness (QED) is 0.815. The van der Waals surface area contributed by atoms with Crippen molar-refractivity contribution in [1.82, 2.24) is 0 Å². The van der Waals surface area contributed by atoms with Crippen molar-refractivity contribution in [1.29, 1.82) is 0 Å². The molecule has 0 radical (unpaired) electrons. The number of rotatable bonds is 2. The van der Waals surface area contributed by atoms with Gasteiger partial charge in [-0.05, 0) is 43.2 Å². The Bertz CT molecular complexity index is 354. The fourth-order valence-electron chi connectivity index (χ4n) is 2.79. The minimum absolute atomic E-state index is 0.0949. The van der Waals surface area contributed by atoms with Gasteiger partial charge in [-0.15, -0.1) is 0 Å². The van der Waals surface area contributed by atoms with Gasteiger partial charge in [0, 0.05) is 12.0 Å². The Balaban J connectivity index is 2.32. The van der Waals surface area contributed by atoms with E-state index in [1.807, 2.05) is 12.1 Å².